The fourth-order valence-electron chi connectivity index (χ4n) is 2.11. The van der Waals surface area contributed by atoms with Crippen molar-refractivity contribution in [2.45, 2.75) is 6.92 Å². The second kappa shape index (κ2) is 4.81. The highest BCUT2D eigenvalue weighted by Gasteiger charge is 2.05. The lowest BCUT2D eigenvalue weighted by Crippen LogP contribution is -1.98. The molecule has 0 saturated heterocycles. The second-order valence-electron chi connectivity index (χ2n) is 4.72. The number of aromatic nitrogens is 1. The molecule has 0 fully saturated rings. The van der Waals surface area contributed by atoms with Crippen LogP contribution in [0.3, 0.4) is 0 Å². The zero-order valence-corrected chi connectivity index (χ0v) is 11.0. The van der Waals surface area contributed by atoms with Gasteiger partial charge in [0, 0.05) is 17.3 Å². The van der Waals surface area contributed by atoms with E-state index >= 15 is 0 Å². The molecule has 3 aromatic rings. The predicted octanol–water partition coefficient (Wildman–Crippen LogP) is 4.01. The summed E-state index contributed by atoms with van der Waals surface area (Å²) in [6, 6.07) is 12.8. The first kappa shape index (κ1) is 12.4. The number of fused-ring (bicyclic) bond motifs is 1. The van der Waals surface area contributed by atoms with Crippen molar-refractivity contribution < 1.29 is 4.39 Å². The topological polar surface area (TPSA) is 50.9 Å². The van der Waals surface area contributed by atoms with Crippen molar-refractivity contribution in [3.05, 3.63) is 60.0 Å². The van der Waals surface area contributed by atoms with Crippen LogP contribution in [0, 0.1) is 12.7 Å². The number of anilines is 3. The van der Waals surface area contributed by atoms with Crippen LogP contribution in [-0.4, -0.2) is 4.98 Å². The minimum atomic E-state index is -0.296. The lowest BCUT2D eigenvalue weighted by Gasteiger charge is -2.11. The van der Waals surface area contributed by atoms with Gasteiger partial charge in [0.05, 0.1) is 16.9 Å². The van der Waals surface area contributed by atoms with Gasteiger partial charge in [-0.05, 0) is 48.9 Å². The number of nitrogens with zero attached hydrogens (tertiary/aromatic N) is 1. The molecule has 0 bridgehead atoms. The van der Waals surface area contributed by atoms with Crippen LogP contribution in [0.1, 0.15) is 5.56 Å². The molecule has 4 heteroatoms. The number of hydrogen-bond acceptors (Lipinski definition) is 3. The standard InChI is InChI=1S/C16H14FN3/c1-10-7-16(14(18)9-13(10)17)20-12-4-5-15-11(8-12)3-2-6-19-15/h2-9,20H,18H2,1H3. The third-order valence-corrected chi connectivity index (χ3v) is 3.21. The molecule has 0 aliphatic heterocycles. The molecule has 3 nitrogen and oxygen atoms in total. The molecule has 0 aliphatic carbocycles. The molecule has 0 saturated carbocycles. The summed E-state index contributed by atoms with van der Waals surface area (Å²) in [6.07, 6.45) is 1.76. The predicted molar refractivity (Wildman–Crippen MR) is 80.6 cm³/mol. The smallest absolute Gasteiger partial charge is 0.128 e. The molecule has 0 aliphatic rings. The molecule has 100 valence electrons. The molecule has 0 radical (unpaired) electrons. The Morgan fingerprint density at radius 1 is 1.15 bits per heavy atom. The van der Waals surface area contributed by atoms with Gasteiger partial charge in [0.25, 0.3) is 0 Å². The Morgan fingerprint density at radius 2 is 2.00 bits per heavy atom. The minimum Gasteiger partial charge on any atom is -0.397 e. The van der Waals surface area contributed by atoms with E-state index in [-0.39, 0.29) is 5.82 Å². The van der Waals surface area contributed by atoms with E-state index in [1.54, 1.807) is 19.2 Å². The van der Waals surface area contributed by atoms with Crippen LogP contribution < -0.4 is 11.1 Å². The van der Waals surface area contributed by atoms with Crippen molar-refractivity contribution >= 4 is 28.0 Å². The highest BCUT2D eigenvalue weighted by Crippen LogP contribution is 2.27. The largest absolute Gasteiger partial charge is 0.397 e. The third-order valence-electron chi connectivity index (χ3n) is 3.21. The van der Waals surface area contributed by atoms with Gasteiger partial charge in [-0.3, -0.25) is 4.98 Å². The fourth-order valence-corrected chi connectivity index (χ4v) is 2.11. The molecule has 0 spiro atoms. The van der Waals surface area contributed by atoms with Gasteiger partial charge in [-0.25, -0.2) is 4.39 Å². The van der Waals surface area contributed by atoms with Crippen LogP contribution in [-0.2, 0) is 0 Å². The molecular formula is C16H14FN3. The Labute approximate surface area is 116 Å². The Bertz CT molecular complexity index is 784. The average Bonchev–Trinajstić information content (AvgIpc) is 2.44. The Morgan fingerprint density at radius 3 is 2.85 bits per heavy atom. The van der Waals surface area contributed by atoms with Gasteiger partial charge in [-0.2, -0.15) is 0 Å². The fraction of sp³-hybridized carbons (Fsp3) is 0.0625. The lowest BCUT2D eigenvalue weighted by molar-refractivity contribution is 0.619. The Kier molecular flexibility index (Phi) is 2.99. The molecule has 0 atom stereocenters. The number of rotatable bonds is 2. The summed E-state index contributed by atoms with van der Waals surface area (Å²) >= 11 is 0. The molecule has 1 heterocycles. The van der Waals surface area contributed by atoms with Crippen molar-refractivity contribution in [3.8, 4) is 0 Å². The zero-order valence-electron chi connectivity index (χ0n) is 11.0. The summed E-state index contributed by atoms with van der Waals surface area (Å²) in [7, 11) is 0. The third kappa shape index (κ3) is 2.28. The van der Waals surface area contributed by atoms with Gasteiger partial charge in [0.2, 0.25) is 0 Å². The van der Waals surface area contributed by atoms with Gasteiger partial charge < -0.3 is 11.1 Å². The molecular weight excluding hydrogens is 253 g/mol. The van der Waals surface area contributed by atoms with Gasteiger partial charge in [-0.1, -0.05) is 6.07 Å². The zero-order chi connectivity index (χ0) is 14.1. The van der Waals surface area contributed by atoms with Gasteiger partial charge >= 0.3 is 0 Å². The van der Waals surface area contributed by atoms with E-state index in [0.717, 1.165) is 16.6 Å². The van der Waals surface area contributed by atoms with E-state index in [0.29, 0.717) is 16.9 Å². The van der Waals surface area contributed by atoms with Crippen molar-refractivity contribution in [2.24, 2.45) is 0 Å². The van der Waals surface area contributed by atoms with Gasteiger partial charge in [0.1, 0.15) is 5.82 Å². The van der Waals surface area contributed by atoms with Crippen LogP contribution in [0.25, 0.3) is 10.9 Å². The summed E-state index contributed by atoms with van der Waals surface area (Å²) in [4.78, 5) is 4.27. The molecule has 0 amide bonds. The van der Waals surface area contributed by atoms with Crippen LogP contribution in [0.4, 0.5) is 21.5 Å². The van der Waals surface area contributed by atoms with Crippen LogP contribution in [0.15, 0.2) is 48.7 Å². The maximum atomic E-state index is 13.4. The number of halogens is 1. The second-order valence-corrected chi connectivity index (χ2v) is 4.72. The van der Waals surface area contributed by atoms with E-state index in [1.165, 1.54) is 6.07 Å². The molecule has 1 aromatic heterocycles. The number of nitrogens with one attached hydrogen (secondary N) is 1. The van der Waals surface area contributed by atoms with Gasteiger partial charge in [-0.15, -0.1) is 0 Å². The molecule has 2 aromatic carbocycles. The van der Waals surface area contributed by atoms with Crippen LogP contribution in [0.5, 0.6) is 0 Å². The van der Waals surface area contributed by atoms with Crippen molar-refractivity contribution in [2.75, 3.05) is 11.1 Å². The first-order valence-corrected chi connectivity index (χ1v) is 6.31. The minimum absolute atomic E-state index is 0.296. The Balaban J connectivity index is 1.99. The number of nitrogen functional groups attached to an aromatic ring is 1. The Hall–Kier alpha value is -2.62. The number of aryl methyl sites for hydroxylation is 1. The van der Waals surface area contributed by atoms with E-state index < -0.39 is 0 Å². The van der Waals surface area contributed by atoms with E-state index in [9.17, 15) is 4.39 Å². The molecule has 0 unspecified atom stereocenters. The SMILES string of the molecule is Cc1cc(Nc2ccc3ncccc3c2)c(N)cc1F. The van der Waals surface area contributed by atoms with Crippen molar-refractivity contribution in [1.29, 1.82) is 0 Å². The van der Waals surface area contributed by atoms with Crippen molar-refractivity contribution in [1.82, 2.24) is 4.98 Å². The summed E-state index contributed by atoms with van der Waals surface area (Å²) in [5.41, 5.74) is 9.31. The first-order valence-electron chi connectivity index (χ1n) is 6.31. The van der Waals surface area contributed by atoms with Crippen molar-refractivity contribution in [3.63, 3.8) is 0 Å². The van der Waals surface area contributed by atoms with E-state index in [4.69, 9.17) is 5.73 Å². The maximum Gasteiger partial charge on any atom is 0.128 e. The highest BCUT2D eigenvalue weighted by molar-refractivity contribution is 5.84. The number of nitrogens with two attached hydrogens (primary N) is 1. The monoisotopic (exact) mass is 267 g/mol. The summed E-state index contributed by atoms with van der Waals surface area (Å²) in [5.74, 6) is -0.296. The van der Waals surface area contributed by atoms with E-state index in [2.05, 4.69) is 10.3 Å². The maximum absolute atomic E-state index is 13.4. The number of benzene rings is 2. The van der Waals surface area contributed by atoms with Crippen LogP contribution in [0.2, 0.25) is 0 Å². The molecule has 3 N–H and O–H groups in total. The summed E-state index contributed by atoms with van der Waals surface area (Å²) < 4.78 is 13.4. The van der Waals surface area contributed by atoms with Crippen LogP contribution >= 0.6 is 0 Å². The summed E-state index contributed by atoms with van der Waals surface area (Å²) in [5, 5.41) is 4.25. The number of hydrogen-bond donors (Lipinski definition) is 2. The average molecular weight is 267 g/mol. The lowest BCUT2D eigenvalue weighted by atomic mass is 10.1. The molecule has 3 rings (SSSR count). The molecule has 20 heavy (non-hydrogen) atoms. The normalized spacial score (nSPS) is 10.7. The van der Waals surface area contributed by atoms with E-state index in [1.807, 2.05) is 30.3 Å². The number of pyridine rings is 1. The first-order chi connectivity index (χ1) is 9.63. The quantitative estimate of drug-likeness (QED) is 0.690. The summed E-state index contributed by atoms with van der Waals surface area (Å²) in [6.45, 7) is 1.71. The highest BCUT2D eigenvalue weighted by atomic mass is 19.1. The van der Waals surface area contributed by atoms with Gasteiger partial charge in [0.15, 0.2) is 0 Å².